The van der Waals surface area contributed by atoms with Gasteiger partial charge in [0.1, 0.15) is 0 Å². The third kappa shape index (κ3) is 3.86. The molecule has 0 heterocycles. The second-order valence-electron chi connectivity index (χ2n) is 3.23. The van der Waals surface area contributed by atoms with E-state index in [1.165, 1.54) is 0 Å². The molecular weight excluding hydrogens is 220 g/mol. The molecule has 1 aromatic rings. The lowest BCUT2D eigenvalue weighted by atomic mass is 10.2. The van der Waals surface area contributed by atoms with Crippen LogP contribution in [0, 0.1) is 0 Å². The van der Waals surface area contributed by atoms with E-state index < -0.39 is 0 Å². The molecule has 0 radical (unpaired) electrons. The summed E-state index contributed by atoms with van der Waals surface area (Å²) in [5.41, 5.74) is 0.663. The van der Waals surface area contributed by atoms with Gasteiger partial charge in [0.25, 0.3) is 0 Å². The van der Waals surface area contributed by atoms with Crippen LogP contribution in [-0.4, -0.2) is 26.3 Å². The number of anilines is 1. The van der Waals surface area contributed by atoms with Gasteiger partial charge in [0.05, 0.1) is 13.2 Å². The van der Waals surface area contributed by atoms with Crippen LogP contribution in [0.3, 0.4) is 0 Å². The molecule has 0 saturated heterocycles. The Morgan fingerprint density at radius 1 is 1.18 bits per heavy atom. The second kappa shape index (κ2) is 6.62. The van der Waals surface area contributed by atoms with Crippen molar-refractivity contribution in [1.29, 1.82) is 0 Å². The van der Waals surface area contributed by atoms with Gasteiger partial charge in [-0.05, 0) is 26.0 Å². The molecular formula is C12H18N2O3. The van der Waals surface area contributed by atoms with Gasteiger partial charge in [-0.3, -0.25) is 0 Å². The summed E-state index contributed by atoms with van der Waals surface area (Å²) >= 11 is 0. The number of carbonyl (C=O) groups is 1. The molecule has 0 spiro atoms. The predicted octanol–water partition coefficient (Wildman–Crippen LogP) is 2.24. The average molecular weight is 238 g/mol. The van der Waals surface area contributed by atoms with Crippen molar-refractivity contribution in [1.82, 2.24) is 5.32 Å². The quantitative estimate of drug-likeness (QED) is 0.827. The molecule has 0 unspecified atom stereocenters. The van der Waals surface area contributed by atoms with E-state index in [2.05, 4.69) is 10.6 Å². The van der Waals surface area contributed by atoms with Crippen LogP contribution in [0.2, 0.25) is 0 Å². The number of nitrogens with one attached hydrogen (secondary N) is 2. The molecule has 94 valence electrons. The molecule has 0 aromatic heterocycles. The van der Waals surface area contributed by atoms with Gasteiger partial charge in [-0.15, -0.1) is 0 Å². The van der Waals surface area contributed by atoms with Crippen LogP contribution in [0.4, 0.5) is 10.5 Å². The van der Waals surface area contributed by atoms with Crippen molar-refractivity contribution in [3.63, 3.8) is 0 Å². The van der Waals surface area contributed by atoms with Crippen molar-refractivity contribution in [3.05, 3.63) is 18.2 Å². The number of rotatable bonds is 5. The van der Waals surface area contributed by atoms with Crippen molar-refractivity contribution in [2.75, 3.05) is 25.6 Å². The molecule has 0 bridgehead atoms. The zero-order valence-corrected chi connectivity index (χ0v) is 10.4. The van der Waals surface area contributed by atoms with Gasteiger partial charge in [-0.2, -0.15) is 0 Å². The molecule has 2 N–H and O–H groups in total. The van der Waals surface area contributed by atoms with E-state index in [4.69, 9.17) is 9.47 Å². The summed E-state index contributed by atoms with van der Waals surface area (Å²) in [5.74, 6) is 1.31. The first-order chi connectivity index (χ1) is 8.21. The largest absolute Gasteiger partial charge is 0.490 e. The van der Waals surface area contributed by atoms with Gasteiger partial charge in [-0.25, -0.2) is 4.79 Å². The first-order valence-corrected chi connectivity index (χ1v) is 5.59. The molecule has 0 fully saturated rings. The molecule has 1 aromatic carbocycles. The number of hydrogen-bond donors (Lipinski definition) is 2. The van der Waals surface area contributed by atoms with Crippen molar-refractivity contribution in [3.8, 4) is 11.5 Å². The molecule has 0 aliphatic carbocycles. The standard InChI is InChI=1S/C12H18N2O3/c1-4-16-10-7-6-9(14-12(15)13-3)8-11(10)17-5-2/h6-8H,4-5H2,1-3H3,(H2,13,14,15). The summed E-state index contributed by atoms with van der Waals surface area (Å²) in [4.78, 5) is 11.2. The van der Waals surface area contributed by atoms with E-state index in [0.717, 1.165) is 0 Å². The first-order valence-electron chi connectivity index (χ1n) is 5.59. The Balaban J connectivity index is 2.88. The molecule has 5 heteroatoms. The van der Waals surface area contributed by atoms with Crippen LogP contribution in [-0.2, 0) is 0 Å². The zero-order valence-electron chi connectivity index (χ0n) is 10.4. The lowest BCUT2D eigenvalue weighted by Gasteiger charge is -2.12. The highest BCUT2D eigenvalue weighted by Crippen LogP contribution is 2.30. The van der Waals surface area contributed by atoms with Crippen molar-refractivity contribution in [2.45, 2.75) is 13.8 Å². The van der Waals surface area contributed by atoms with E-state index in [9.17, 15) is 4.79 Å². The zero-order chi connectivity index (χ0) is 12.7. The lowest BCUT2D eigenvalue weighted by molar-refractivity contribution is 0.254. The minimum Gasteiger partial charge on any atom is -0.490 e. The molecule has 0 aliphatic heterocycles. The number of urea groups is 1. The van der Waals surface area contributed by atoms with Crippen molar-refractivity contribution < 1.29 is 14.3 Å². The van der Waals surface area contributed by atoms with E-state index in [-0.39, 0.29) is 6.03 Å². The Morgan fingerprint density at radius 2 is 1.82 bits per heavy atom. The Labute approximate surface area is 101 Å². The summed E-state index contributed by atoms with van der Waals surface area (Å²) in [7, 11) is 1.56. The molecule has 0 atom stereocenters. The normalized spacial score (nSPS) is 9.59. The SMILES string of the molecule is CCOc1ccc(NC(=O)NC)cc1OCC. The van der Waals surface area contributed by atoms with Crippen LogP contribution in [0.5, 0.6) is 11.5 Å². The van der Waals surface area contributed by atoms with Gasteiger partial charge in [-0.1, -0.05) is 0 Å². The topological polar surface area (TPSA) is 59.6 Å². The summed E-state index contributed by atoms with van der Waals surface area (Å²) < 4.78 is 10.9. The summed E-state index contributed by atoms with van der Waals surface area (Å²) in [6.45, 7) is 4.92. The van der Waals surface area contributed by atoms with E-state index in [1.807, 2.05) is 13.8 Å². The number of benzene rings is 1. The van der Waals surface area contributed by atoms with Gasteiger partial charge in [0.15, 0.2) is 11.5 Å². The Bertz CT molecular complexity index is 380. The highest BCUT2D eigenvalue weighted by molar-refractivity contribution is 5.89. The highest BCUT2D eigenvalue weighted by atomic mass is 16.5. The van der Waals surface area contributed by atoms with Gasteiger partial charge in [0, 0.05) is 18.8 Å². The first kappa shape index (κ1) is 13.2. The maximum absolute atomic E-state index is 11.2. The van der Waals surface area contributed by atoms with Crippen LogP contribution in [0.15, 0.2) is 18.2 Å². The van der Waals surface area contributed by atoms with Crippen LogP contribution >= 0.6 is 0 Å². The minimum absolute atomic E-state index is 0.267. The summed E-state index contributed by atoms with van der Waals surface area (Å²) in [6, 6.07) is 5.02. The molecule has 1 rings (SSSR count). The third-order valence-electron chi connectivity index (χ3n) is 2.03. The molecule has 0 aliphatic rings. The summed E-state index contributed by atoms with van der Waals surface area (Å²) in [5, 5.41) is 5.16. The van der Waals surface area contributed by atoms with E-state index >= 15 is 0 Å². The molecule has 2 amide bonds. The summed E-state index contributed by atoms with van der Waals surface area (Å²) in [6.07, 6.45) is 0. The van der Waals surface area contributed by atoms with Gasteiger partial charge >= 0.3 is 6.03 Å². The lowest BCUT2D eigenvalue weighted by Crippen LogP contribution is -2.24. The van der Waals surface area contributed by atoms with Crippen molar-refractivity contribution in [2.24, 2.45) is 0 Å². The van der Waals surface area contributed by atoms with E-state index in [0.29, 0.717) is 30.4 Å². The monoisotopic (exact) mass is 238 g/mol. The molecule has 5 nitrogen and oxygen atoms in total. The Hall–Kier alpha value is -1.91. The smallest absolute Gasteiger partial charge is 0.318 e. The number of amides is 2. The predicted molar refractivity (Wildman–Crippen MR) is 66.9 cm³/mol. The van der Waals surface area contributed by atoms with Crippen LogP contribution < -0.4 is 20.1 Å². The second-order valence-corrected chi connectivity index (χ2v) is 3.23. The van der Waals surface area contributed by atoms with Gasteiger partial charge < -0.3 is 20.1 Å². The average Bonchev–Trinajstić information content (AvgIpc) is 2.33. The fourth-order valence-electron chi connectivity index (χ4n) is 1.32. The van der Waals surface area contributed by atoms with Gasteiger partial charge in [0.2, 0.25) is 0 Å². The maximum Gasteiger partial charge on any atom is 0.318 e. The van der Waals surface area contributed by atoms with Crippen LogP contribution in [0.1, 0.15) is 13.8 Å². The number of ether oxygens (including phenoxy) is 2. The fourth-order valence-corrected chi connectivity index (χ4v) is 1.32. The molecule has 0 saturated carbocycles. The Morgan fingerprint density at radius 3 is 2.41 bits per heavy atom. The third-order valence-corrected chi connectivity index (χ3v) is 2.03. The minimum atomic E-state index is -0.267. The Kier molecular flexibility index (Phi) is 5.13. The molecule has 17 heavy (non-hydrogen) atoms. The number of carbonyl (C=O) groups excluding carboxylic acids is 1. The number of hydrogen-bond acceptors (Lipinski definition) is 3. The van der Waals surface area contributed by atoms with Crippen molar-refractivity contribution >= 4 is 11.7 Å². The maximum atomic E-state index is 11.2. The van der Waals surface area contributed by atoms with Crippen LogP contribution in [0.25, 0.3) is 0 Å². The van der Waals surface area contributed by atoms with E-state index in [1.54, 1.807) is 25.2 Å². The highest BCUT2D eigenvalue weighted by Gasteiger charge is 2.07. The fraction of sp³-hybridized carbons (Fsp3) is 0.417.